The number of nitrogens with zero attached hydrogens (tertiary/aromatic N) is 1. The van der Waals surface area contributed by atoms with Crippen molar-refractivity contribution in [3.8, 4) is 0 Å². The van der Waals surface area contributed by atoms with Crippen molar-refractivity contribution in [1.29, 1.82) is 0 Å². The number of thiocarbonyl (C=S) groups is 1. The third-order valence-corrected chi connectivity index (χ3v) is 3.74. The van der Waals surface area contributed by atoms with Crippen LogP contribution in [0.3, 0.4) is 0 Å². The molecule has 0 saturated carbocycles. The molecule has 0 aliphatic carbocycles. The number of benzene rings is 1. The van der Waals surface area contributed by atoms with E-state index in [9.17, 15) is 0 Å². The van der Waals surface area contributed by atoms with Crippen LogP contribution in [0.5, 0.6) is 0 Å². The van der Waals surface area contributed by atoms with Gasteiger partial charge >= 0.3 is 0 Å². The van der Waals surface area contributed by atoms with Gasteiger partial charge in [0, 0.05) is 25.5 Å². The van der Waals surface area contributed by atoms with Crippen molar-refractivity contribution < 1.29 is 0 Å². The first-order chi connectivity index (χ1) is 10.4. The van der Waals surface area contributed by atoms with Crippen LogP contribution in [0.15, 0.2) is 48.8 Å². The molecular weight excluding hydrogens is 290 g/mol. The van der Waals surface area contributed by atoms with Gasteiger partial charge in [0.25, 0.3) is 0 Å². The normalized spacial score (nSPS) is 11.0. The molecule has 0 spiro atoms. The Hall–Kier alpha value is -1.94. The predicted molar refractivity (Wildman–Crippen MR) is 95.7 cm³/mol. The third-order valence-electron chi connectivity index (χ3n) is 3.45. The maximum atomic E-state index is 5.29. The first-order valence-corrected chi connectivity index (χ1v) is 7.86. The van der Waals surface area contributed by atoms with Crippen molar-refractivity contribution in [3.05, 3.63) is 65.5 Å². The highest BCUT2D eigenvalue weighted by Crippen LogP contribution is 2.22. The Morgan fingerprint density at radius 2 is 1.64 bits per heavy atom. The van der Waals surface area contributed by atoms with E-state index in [0.717, 1.165) is 12.1 Å². The molecule has 1 heterocycles. The van der Waals surface area contributed by atoms with Crippen molar-refractivity contribution >= 4 is 17.3 Å². The van der Waals surface area contributed by atoms with E-state index in [1.165, 1.54) is 11.1 Å². The second kappa shape index (κ2) is 7.36. The van der Waals surface area contributed by atoms with Crippen LogP contribution in [-0.4, -0.2) is 10.1 Å². The number of rotatable bonds is 4. The lowest BCUT2D eigenvalue weighted by atomic mass is 9.87. The standard InChI is InChI=1S/C18H23N3S/c1-18(2,3)16-8-6-14(7-9-16)12-20-17(22)21-13-15-5-4-10-19-11-15/h4-11H,12-13H2,1-3H3,(H2,20,21,22). The lowest BCUT2D eigenvalue weighted by Gasteiger charge is -2.19. The zero-order chi connectivity index (χ0) is 16.0. The Kier molecular flexibility index (Phi) is 5.50. The molecule has 0 radical (unpaired) electrons. The molecule has 0 amide bonds. The fraction of sp³-hybridized carbons (Fsp3) is 0.333. The smallest absolute Gasteiger partial charge is 0.166 e. The number of hydrogen-bond acceptors (Lipinski definition) is 2. The summed E-state index contributed by atoms with van der Waals surface area (Å²) in [6.45, 7) is 8.07. The SMILES string of the molecule is CC(C)(C)c1ccc(CNC(=S)NCc2cccnc2)cc1. The maximum absolute atomic E-state index is 5.29. The average Bonchev–Trinajstić information content (AvgIpc) is 2.51. The highest BCUT2D eigenvalue weighted by atomic mass is 32.1. The molecule has 3 nitrogen and oxygen atoms in total. The minimum Gasteiger partial charge on any atom is -0.359 e. The lowest BCUT2D eigenvalue weighted by molar-refractivity contribution is 0.590. The van der Waals surface area contributed by atoms with Gasteiger partial charge in [-0.1, -0.05) is 51.1 Å². The quantitative estimate of drug-likeness (QED) is 0.847. The van der Waals surface area contributed by atoms with Crippen molar-refractivity contribution in [2.75, 3.05) is 0 Å². The van der Waals surface area contributed by atoms with Crippen molar-refractivity contribution in [2.24, 2.45) is 0 Å². The van der Waals surface area contributed by atoms with E-state index in [0.29, 0.717) is 11.7 Å². The summed E-state index contributed by atoms with van der Waals surface area (Å²) in [5.74, 6) is 0. The second-order valence-electron chi connectivity index (χ2n) is 6.34. The zero-order valence-electron chi connectivity index (χ0n) is 13.4. The molecule has 1 aromatic heterocycles. The summed E-state index contributed by atoms with van der Waals surface area (Å²) in [5.41, 5.74) is 3.86. The van der Waals surface area contributed by atoms with Crippen LogP contribution >= 0.6 is 12.2 Å². The summed E-state index contributed by atoms with van der Waals surface area (Å²) in [6, 6.07) is 12.6. The largest absolute Gasteiger partial charge is 0.359 e. The van der Waals surface area contributed by atoms with E-state index in [1.54, 1.807) is 6.20 Å². The Bertz CT molecular complexity index is 600. The van der Waals surface area contributed by atoms with E-state index in [-0.39, 0.29) is 5.41 Å². The monoisotopic (exact) mass is 313 g/mol. The Morgan fingerprint density at radius 1 is 1.00 bits per heavy atom. The maximum Gasteiger partial charge on any atom is 0.166 e. The van der Waals surface area contributed by atoms with Crippen LogP contribution in [0, 0.1) is 0 Å². The predicted octanol–water partition coefficient (Wildman–Crippen LogP) is 3.54. The molecule has 0 bridgehead atoms. The van der Waals surface area contributed by atoms with E-state index in [1.807, 2.05) is 18.3 Å². The molecule has 1 aromatic carbocycles. The molecule has 2 N–H and O–H groups in total. The lowest BCUT2D eigenvalue weighted by Crippen LogP contribution is -2.34. The van der Waals surface area contributed by atoms with Crippen molar-refractivity contribution in [3.63, 3.8) is 0 Å². The highest BCUT2D eigenvalue weighted by molar-refractivity contribution is 7.80. The molecule has 116 valence electrons. The molecule has 0 atom stereocenters. The molecule has 0 saturated heterocycles. The molecule has 0 fully saturated rings. The summed E-state index contributed by atoms with van der Waals surface area (Å²) in [4.78, 5) is 4.08. The van der Waals surface area contributed by atoms with E-state index in [2.05, 4.69) is 60.7 Å². The first-order valence-electron chi connectivity index (χ1n) is 7.45. The molecule has 0 aliphatic heterocycles. The van der Waals surface area contributed by atoms with Gasteiger partial charge < -0.3 is 10.6 Å². The molecular formula is C18H23N3S. The fourth-order valence-electron chi connectivity index (χ4n) is 2.05. The summed E-state index contributed by atoms with van der Waals surface area (Å²) in [5, 5.41) is 7.07. The van der Waals surface area contributed by atoms with E-state index >= 15 is 0 Å². The summed E-state index contributed by atoms with van der Waals surface area (Å²) < 4.78 is 0. The molecule has 0 unspecified atom stereocenters. The zero-order valence-corrected chi connectivity index (χ0v) is 14.2. The van der Waals surface area contributed by atoms with Gasteiger partial charge in [0.1, 0.15) is 0 Å². The van der Waals surface area contributed by atoms with Crippen molar-refractivity contribution in [2.45, 2.75) is 39.3 Å². The Balaban J connectivity index is 1.79. The van der Waals surface area contributed by atoms with Crippen LogP contribution in [0.4, 0.5) is 0 Å². The van der Waals surface area contributed by atoms with E-state index in [4.69, 9.17) is 12.2 Å². The number of nitrogens with one attached hydrogen (secondary N) is 2. The first kappa shape index (κ1) is 16.4. The minimum absolute atomic E-state index is 0.187. The Labute approximate surface area is 138 Å². The molecule has 2 aromatic rings. The highest BCUT2D eigenvalue weighted by Gasteiger charge is 2.12. The summed E-state index contributed by atoms with van der Waals surface area (Å²) in [6.07, 6.45) is 3.60. The molecule has 22 heavy (non-hydrogen) atoms. The van der Waals surface area contributed by atoms with Gasteiger partial charge in [-0.05, 0) is 40.4 Å². The van der Waals surface area contributed by atoms with Crippen LogP contribution in [0.1, 0.15) is 37.5 Å². The van der Waals surface area contributed by atoms with Crippen LogP contribution in [-0.2, 0) is 18.5 Å². The molecule has 2 rings (SSSR count). The summed E-state index contributed by atoms with van der Waals surface area (Å²) >= 11 is 5.29. The van der Waals surface area contributed by atoms with Gasteiger partial charge in [-0.2, -0.15) is 0 Å². The van der Waals surface area contributed by atoms with Crippen LogP contribution in [0.2, 0.25) is 0 Å². The number of pyridine rings is 1. The third kappa shape index (κ3) is 5.11. The van der Waals surface area contributed by atoms with Crippen LogP contribution < -0.4 is 10.6 Å². The van der Waals surface area contributed by atoms with Gasteiger partial charge in [-0.3, -0.25) is 4.98 Å². The van der Waals surface area contributed by atoms with Gasteiger partial charge in [-0.15, -0.1) is 0 Å². The van der Waals surface area contributed by atoms with Gasteiger partial charge in [0.15, 0.2) is 5.11 Å². The number of aromatic nitrogens is 1. The topological polar surface area (TPSA) is 37.0 Å². The minimum atomic E-state index is 0.187. The number of hydrogen-bond donors (Lipinski definition) is 2. The molecule has 4 heteroatoms. The summed E-state index contributed by atoms with van der Waals surface area (Å²) in [7, 11) is 0. The molecule has 0 aliphatic rings. The van der Waals surface area contributed by atoms with Crippen molar-refractivity contribution in [1.82, 2.24) is 15.6 Å². The van der Waals surface area contributed by atoms with Crippen LogP contribution in [0.25, 0.3) is 0 Å². The van der Waals surface area contributed by atoms with Gasteiger partial charge in [0.05, 0.1) is 0 Å². The van der Waals surface area contributed by atoms with Gasteiger partial charge in [0.2, 0.25) is 0 Å². The Morgan fingerprint density at radius 3 is 2.18 bits per heavy atom. The van der Waals surface area contributed by atoms with Gasteiger partial charge in [-0.25, -0.2) is 0 Å². The average molecular weight is 313 g/mol. The second-order valence-corrected chi connectivity index (χ2v) is 6.75. The fourth-order valence-corrected chi connectivity index (χ4v) is 2.20. The van der Waals surface area contributed by atoms with E-state index < -0.39 is 0 Å².